The molecule has 3 aliphatic rings. The molecule has 4 atom stereocenters. The highest BCUT2D eigenvalue weighted by Gasteiger charge is 2.64. The van der Waals surface area contributed by atoms with Crippen LogP contribution in [0.1, 0.15) is 148 Å². The van der Waals surface area contributed by atoms with E-state index < -0.39 is 44.0 Å². The second-order valence-electron chi connectivity index (χ2n) is 20.1. The van der Waals surface area contributed by atoms with Crippen LogP contribution in [0.15, 0.2) is 17.0 Å². The van der Waals surface area contributed by atoms with Gasteiger partial charge in [-0.1, -0.05) is 41.5 Å². The van der Waals surface area contributed by atoms with Crippen molar-refractivity contribution in [1.29, 1.82) is 0 Å². The van der Waals surface area contributed by atoms with Crippen molar-refractivity contribution in [2.75, 3.05) is 44.3 Å². The van der Waals surface area contributed by atoms with Gasteiger partial charge in [-0.15, -0.1) is 0 Å². The highest BCUT2D eigenvalue weighted by Crippen LogP contribution is 2.61. The van der Waals surface area contributed by atoms with Crippen molar-refractivity contribution in [3.05, 3.63) is 45.5 Å². The smallest absolute Gasteiger partial charge is 0.274 e. The SMILES string of the molecule is [2H]c1c(C)c(OCC(C)C)c(C)c2c1N(S(=O)(=O)c1c(OC)cc(C(=O)NC(C)(CC)CC)c(C)c1C)C(=O)[C@@]21CC[C@](C)(OC(C)(C)CN2CCOCC2(C)C)C(C)C1C. The minimum atomic E-state index is -4.76. The van der Waals surface area contributed by atoms with Crippen molar-refractivity contribution < 1.29 is 38.3 Å². The average Bonchev–Trinajstić information content (AvgIpc) is 3.45. The maximum absolute atomic E-state index is 15.8. The summed E-state index contributed by atoms with van der Waals surface area (Å²) in [5.74, 6) is -0.933. The first-order chi connectivity index (χ1) is 28.1. The van der Waals surface area contributed by atoms with Gasteiger partial charge in [-0.05, 0) is 153 Å². The number of ether oxygens (including phenoxy) is 4. The molecule has 5 rings (SSSR count). The number of rotatable bonds is 14. The summed E-state index contributed by atoms with van der Waals surface area (Å²) in [5.41, 5.74) is -0.430. The molecule has 2 heterocycles. The molecule has 336 valence electrons. The summed E-state index contributed by atoms with van der Waals surface area (Å²) in [6, 6.07) is 1.39. The van der Waals surface area contributed by atoms with Gasteiger partial charge in [0.15, 0.2) is 0 Å². The molecule has 1 N–H and O–H groups in total. The second kappa shape index (κ2) is 16.8. The van der Waals surface area contributed by atoms with E-state index in [1.807, 2.05) is 48.5 Å². The molecule has 1 saturated carbocycles. The Morgan fingerprint density at radius 3 is 2.23 bits per heavy atom. The van der Waals surface area contributed by atoms with E-state index in [9.17, 15) is 6.17 Å². The fourth-order valence-electron chi connectivity index (χ4n) is 10.0. The van der Waals surface area contributed by atoms with Crippen molar-refractivity contribution in [1.82, 2.24) is 10.2 Å². The number of nitrogens with one attached hydrogen (secondary N) is 1. The number of carbonyl (C=O) groups is 2. The van der Waals surface area contributed by atoms with Gasteiger partial charge in [0.2, 0.25) is 0 Å². The maximum Gasteiger partial charge on any atom is 0.274 e. The normalized spacial score (nSPS) is 25.1. The minimum absolute atomic E-state index is 0.0492. The number of amides is 2. The maximum atomic E-state index is 15.8. The van der Waals surface area contributed by atoms with Crippen molar-refractivity contribution in [3.8, 4) is 11.5 Å². The van der Waals surface area contributed by atoms with Gasteiger partial charge in [-0.25, -0.2) is 12.7 Å². The van der Waals surface area contributed by atoms with Gasteiger partial charge in [-0.2, -0.15) is 0 Å². The first-order valence-corrected chi connectivity index (χ1v) is 23.5. The Kier molecular flexibility index (Phi) is 13.0. The Morgan fingerprint density at radius 1 is 1.03 bits per heavy atom. The number of carbonyl (C=O) groups excluding carboxylic acids is 2. The number of nitrogens with zero attached hydrogens (tertiary/aromatic N) is 2. The van der Waals surface area contributed by atoms with Crippen molar-refractivity contribution in [2.45, 2.75) is 169 Å². The predicted molar refractivity (Wildman–Crippen MR) is 239 cm³/mol. The molecule has 11 nitrogen and oxygen atoms in total. The van der Waals surface area contributed by atoms with Gasteiger partial charge in [0, 0.05) is 29.7 Å². The first kappa shape index (κ1) is 46.3. The Morgan fingerprint density at radius 2 is 1.67 bits per heavy atom. The highest BCUT2D eigenvalue weighted by atomic mass is 32.2. The average molecular weight is 855 g/mol. The van der Waals surface area contributed by atoms with Gasteiger partial charge < -0.3 is 24.3 Å². The van der Waals surface area contributed by atoms with Gasteiger partial charge >= 0.3 is 0 Å². The number of benzene rings is 2. The Balaban J connectivity index is 1.68. The van der Waals surface area contributed by atoms with E-state index in [0.29, 0.717) is 91.2 Å². The van der Waals surface area contributed by atoms with Gasteiger partial charge in [0.25, 0.3) is 21.8 Å². The predicted octanol–water partition coefficient (Wildman–Crippen LogP) is 8.98. The number of fused-ring (bicyclic) bond motifs is 2. The van der Waals surface area contributed by atoms with Crippen LogP contribution in [0.5, 0.6) is 11.5 Å². The molecule has 12 heteroatoms. The van der Waals surface area contributed by atoms with E-state index in [2.05, 4.69) is 51.8 Å². The lowest BCUT2D eigenvalue weighted by Crippen LogP contribution is -2.61. The molecule has 60 heavy (non-hydrogen) atoms. The van der Waals surface area contributed by atoms with Gasteiger partial charge in [-0.3, -0.25) is 14.5 Å². The standard InChI is InChI=1S/C48H75N3O8S/c1-18-46(15,19-2)49-42(52)36-25-38(56-17)41(32(7)31(36)6)60(54,55)51-37-24-30(5)40(58-26-29(3)4)33(8)39(37)48(43(51)53)21-20-47(16,34(9)35(48)10)59-45(13,14)27-50-22-23-57-28-44(50,11)12/h24-25,29,34-35H,18-23,26-28H2,1-17H3,(H,49,52)/t34?,35?,47-,48+/m0/s1/i24D. The van der Waals surface area contributed by atoms with Crippen LogP contribution < -0.4 is 19.1 Å². The highest BCUT2D eigenvalue weighted by molar-refractivity contribution is 7.93. The summed E-state index contributed by atoms with van der Waals surface area (Å²) in [7, 11) is -3.40. The Labute approximate surface area is 363 Å². The molecule has 2 aliphatic heterocycles. The number of hydrogen-bond acceptors (Lipinski definition) is 9. The lowest BCUT2D eigenvalue weighted by molar-refractivity contribution is -0.203. The fourth-order valence-corrected chi connectivity index (χ4v) is 11.9. The van der Waals surface area contributed by atoms with Crippen LogP contribution in [-0.2, 0) is 29.7 Å². The largest absolute Gasteiger partial charge is 0.495 e. The lowest BCUT2D eigenvalue weighted by Gasteiger charge is -2.54. The third kappa shape index (κ3) is 8.24. The van der Waals surface area contributed by atoms with Crippen LogP contribution in [-0.4, -0.2) is 87.4 Å². The van der Waals surface area contributed by atoms with E-state index in [4.69, 9.17) is 18.9 Å². The Bertz CT molecular complexity index is 2150. The molecular weight excluding hydrogens is 779 g/mol. The lowest BCUT2D eigenvalue weighted by atomic mass is 9.55. The molecule has 1 spiro atoms. The van der Waals surface area contributed by atoms with Crippen LogP contribution in [0.25, 0.3) is 0 Å². The van der Waals surface area contributed by atoms with E-state index >= 15 is 13.2 Å². The summed E-state index contributed by atoms with van der Waals surface area (Å²) < 4.78 is 67.0. The zero-order chi connectivity index (χ0) is 46.0. The van der Waals surface area contributed by atoms with Crippen LogP contribution in [0.2, 0.25) is 0 Å². The number of hydrogen-bond donors (Lipinski definition) is 1. The number of sulfonamides is 1. The van der Waals surface area contributed by atoms with Crippen LogP contribution in [0, 0.1) is 45.4 Å². The van der Waals surface area contributed by atoms with Gasteiger partial charge in [0.1, 0.15) is 16.4 Å². The monoisotopic (exact) mass is 855 g/mol. The van der Waals surface area contributed by atoms with Crippen LogP contribution >= 0.6 is 0 Å². The molecule has 0 radical (unpaired) electrons. The summed E-state index contributed by atoms with van der Waals surface area (Å²) in [6.45, 7) is 35.1. The zero-order valence-corrected chi connectivity index (χ0v) is 40.6. The molecule has 2 aromatic rings. The molecule has 0 bridgehead atoms. The first-order valence-electron chi connectivity index (χ1n) is 22.5. The van der Waals surface area contributed by atoms with Gasteiger partial charge in [0.05, 0.1) is 50.6 Å². The second-order valence-corrected chi connectivity index (χ2v) is 21.9. The summed E-state index contributed by atoms with van der Waals surface area (Å²) in [5, 5.41) is 3.13. The summed E-state index contributed by atoms with van der Waals surface area (Å²) in [6.07, 6.45) is 2.18. The third-order valence-corrected chi connectivity index (χ3v) is 16.4. The summed E-state index contributed by atoms with van der Waals surface area (Å²) in [4.78, 5) is 31.8. The number of methoxy groups -OCH3 is 1. The van der Waals surface area contributed by atoms with Crippen LogP contribution in [0.4, 0.5) is 5.69 Å². The van der Waals surface area contributed by atoms with Crippen LogP contribution in [0.3, 0.4) is 0 Å². The molecule has 2 amide bonds. The summed E-state index contributed by atoms with van der Waals surface area (Å²) >= 11 is 0. The molecule has 1 aliphatic carbocycles. The topological polar surface area (TPSA) is 124 Å². The van der Waals surface area contributed by atoms with Crippen molar-refractivity contribution in [2.24, 2.45) is 17.8 Å². The quantitative estimate of drug-likeness (QED) is 0.198. The van der Waals surface area contributed by atoms with E-state index in [0.717, 1.165) is 10.8 Å². The van der Waals surface area contributed by atoms with E-state index in [1.54, 1.807) is 20.8 Å². The number of anilines is 1. The van der Waals surface area contributed by atoms with E-state index in [-0.39, 0.29) is 45.7 Å². The van der Waals surface area contributed by atoms with Crippen molar-refractivity contribution >= 4 is 27.5 Å². The Hall–Kier alpha value is -3.19. The molecular formula is C48H75N3O8S. The van der Waals surface area contributed by atoms with E-state index in [1.165, 1.54) is 13.2 Å². The zero-order valence-electron chi connectivity index (χ0n) is 40.7. The fraction of sp³-hybridized carbons (Fsp3) is 0.708. The molecule has 2 aromatic carbocycles. The molecule has 2 unspecified atom stereocenters. The minimum Gasteiger partial charge on any atom is -0.495 e. The molecule has 2 fully saturated rings. The number of morpholine rings is 1. The molecule has 0 aromatic heterocycles. The molecule has 1 saturated heterocycles. The third-order valence-electron chi connectivity index (χ3n) is 14.5. The van der Waals surface area contributed by atoms with Crippen molar-refractivity contribution in [3.63, 3.8) is 0 Å².